The Hall–Kier alpha value is -11.4. The second-order valence-electron chi connectivity index (χ2n) is 21.9. The number of aliphatic carboxylic acids is 2. The number of carboxylic acid groups (broad SMARTS) is 2. The van der Waals surface area contributed by atoms with Gasteiger partial charge in [0.05, 0.1) is 5.56 Å². The van der Waals surface area contributed by atoms with Crippen molar-refractivity contribution in [2.45, 2.75) is 30.4 Å². The number of ether oxygens (including phenoxy) is 2. The van der Waals surface area contributed by atoms with Gasteiger partial charge in [-0.3, -0.25) is 0 Å². The van der Waals surface area contributed by atoms with E-state index in [9.17, 15) is 33.0 Å². The molecule has 1 unspecified atom stereocenters. The second kappa shape index (κ2) is 29.3. The summed E-state index contributed by atoms with van der Waals surface area (Å²) >= 11 is 1.43. The monoisotopic (exact) mass is 1280 g/mol. The van der Waals surface area contributed by atoms with Crippen LogP contribution in [0.1, 0.15) is 16.7 Å². The molecule has 0 spiro atoms. The molecule has 11 aromatic rings. The number of piperazine rings is 1. The van der Waals surface area contributed by atoms with Gasteiger partial charge in [0, 0.05) is 67.1 Å². The topological polar surface area (TPSA) is 226 Å². The lowest BCUT2D eigenvalue weighted by atomic mass is 9.98. The first-order chi connectivity index (χ1) is 45.8. The number of halogens is 3. The lowest BCUT2D eigenvalue weighted by Gasteiger charge is -2.35. The molecule has 1 saturated heterocycles. The summed E-state index contributed by atoms with van der Waals surface area (Å²) in [6.45, 7) is 2.92. The van der Waals surface area contributed by atoms with Crippen LogP contribution in [0.2, 0.25) is 0 Å². The van der Waals surface area contributed by atoms with Crippen LogP contribution < -0.4 is 35.2 Å². The van der Waals surface area contributed by atoms with Gasteiger partial charge in [-0.05, 0) is 99.1 Å². The molecule has 3 aromatic heterocycles. The largest absolute Gasteiger partial charge is 0.480 e. The minimum atomic E-state index is -4.47. The van der Waals surface area contributed by atoms with E-state index < -0.39 is 35.8 Å². The molecule has 1 fully saturated rings. The van der Waals surface area contributed by atoms with Gasteiger partial charge in [0.2, 0.25) is 30.6 Å². The molecular weight excluding hydrogens is 1220 g/mol. The number of carboxylic acids is 2. The van der Waals surface area contributed by atoms with Gasteiger partial charge in [-0.2, -0.15) is 54.8 Å². The SMILES string of the molecule is O=C(O)C(Cc1ccc(-c2ccc(-c3ccccc3)cc2)cc1)Nc1nc(-c2ccc(-c3ccccc3)cc2)nc(N2CCN(c3ccccn3)CC2)n1.O=C(O)[C@H](CSCc1ccccc1)Nc1nc(Nc2ccc(C(F)(F)F)cc2)nc(-c2ccc3c(c2)OCO3)n1. The molecule has 94 heavy (non-hydrogen) atoms. The fourth-order valence-electron chi connectivity index (χ4n) is 10.5. The van der Waals surface area contributed by atoms with Crippen molar-refractivity contribution in [1.82, 2.24) is 34.9 Å². The van der Waals surface area contributed by atoms with Crippen LogP contribution in [-0.2, 0) is 27.9 Å². The number of nitrogens with zero attached hydrogens (tertiary/aromatic N) is 9. The number of nitrogens with one attached hydrogen (secondary N) is 3. The highest BCUT2D eigenvalue weighted by molar-refractivity contribution is 7.98. The number of hydrogen-bond acceptors (Lipinski definition) is 17. The number of aromatic nitrogens is 7. The molecule has 2 aliphatic rings. The lowest BCUT2D eigenvalue weighted by molar-refractivity contribution is -0.138. The maximum Gasteiger partial charge on any atom is 0.416 e. The van der Waals surface area contributed by atoms with E-state index >= 15 is 0 Å². The van der Waals surface area contributed by atoms with Gasteiger partial charge >= 0.3 is 18.1 Å². The molecule has 0 amide bonds. The minimum Gasteiger partial charge on any atom is -0.480 e. The number of pyridine rings is 1. The zero-order valence-electron chi connectivity index (χ0n) is 50.3. The molecule has 2 atom stereocenters. The second-order valence-corrected chi connectivity index (χ2v) is 22.9. The Morgan fingerprint density at radius 2 is 0.989 bits per heavy atom. The average Bonchev–Trinajstić information content (AvgIpc) is 1.14. The molecule has 22 heteroatoms. The molecule has 13 rings (SSSR count). The van der Waals surface area contributed by atoms with Crippen LogP contribution >= 0.6 is 11.8 Å². The van der Waals surface area contributed by atoms with Crippen molar-refractivity contribution in [3.05, 3.63) is 247 Å². The summed E-state index contributed by atoms with van der Waals surface area (Å²) in [5, 5.41) is 29.1. The maximum atomic E-state index is 13.0. The van der Waals surface area contributed by atoms with E-state index in [0.717, 1.165) is 75.5 Å². The third kappa shape index (κ3) is 16.2. The number of anilines is 6. The first-order valence-electron chi connectivity index (χ1n) is 30.1. The van der Waals surface area contributed by atoms with E-state index in [2.05, 4.69) is 94.2 Å². The fourth-order valence-corrected chi connectivity index (χ4v) is 11.5. The Morgan fingerprint density at radius 3 is 1.57 bits per heavy atom. The third-order valence-corrected chi connectivity index (χ3v) is 16.6. The van der Waals surface area contributed by atoms with Crippen molar-refractivity contribution >= 4 is 59.0 Å². The van der Waals surface area contributed by atoms with Gasteiger partial charge < -0.3 is 45.4 Å². The van der Waals surface area contributed by atoms with Crippen molar-refractivity contribution in [3.8, 4) is 67.7 Å². The zero-order chi connectivity index (χ0) is 64.8. The van der Waals surface area contributed by atoms with Crippen molar-refractivity contribution in [3.63, 3.8) is 0 Å². The van der Waals surface area contributed by atoms with Crippen molar-refractivity contribution in [1.29, 1.82) is 0 Å². The standard InChI is InChI=1S/C45H39N7O2.C27H22F3N5O4S/c53-43(54)40(31-32-14-16-35(17-15-32)38-20-18-36(19-21-38)33-9-3-1-4-10-33)47-44-48-42(39-24-22-37(23-25-39)34-11-5-2-6-12-34)49-45(50-44)52-29-27-51(28-30-52)41-13-7-8-26-46-41;28-27(29,30)18-7-9-19(10-8-18)31-25-33-23(17-6-11-21-22(12-17)39-15-38-21)34-26(35-25)32-20(24(36)37)14-40-13-16-4-2-1-3-5-16/h1-26,40H,27-31H2,(H,53,54)(H,47,48,49,50);1-12,20H,13-15H2,(H,36,37)(H2,31,32,33,34,35)/t;20-/m.0/s1. The van der Waals surface area contributed by atoms with Crippen LogP contribution in [-0.4, -0.2) is 108 Å². The Labute approximate surface area is 543 Å². The average molecular weight is 1280 g/mol. The van der Waals surface area contributed by atoms with E-state index in [0.29, 0.717) is 53.4 Å². The molecule has 5 heterocycles. The maximum absolute atomic E-state index is 13.0. The summed E-state index contributed by atoms with van der Waals surface area (Å²) < 4.78 is 49.7. The first kappa shape index (κ1) is 62.8. The van der Waals surface area contributed by atoms with Gasteiger partial charge in [0.1, 0.15) is 17.9 Å². The molecule has 472 valence electrons. The van der Waals surface area contributed by atoms with Crippen LogP contribution in [0, 0.1) is 0 Å². The Bertz CT molecular complexity index is 4340. The van der Waals surface area contributed by atoms with Gasteiger partial charge in [0.15, 0.2) is 23.1 Å². The number of rotatable bonds is 21. The molecule has 0 radical (unpaired) electrons. The number of carbonyl (C=O) groups is 2. The summed E-state index contributed by atoms with van der Waals surface area (Å²) in [6, 6.07) is 68.1. The summed E-state index contributed by atoms with van der Waals surface area (Å²) in [5.41, 5.74) is 9.49. The number of hydrogen-bond donors (Lipinski definition) is 5. The van der Waals surface area contributed by atoms with E-state index in [1.807, 2.05) is 133 Å². The summed E-state index contributed by atoms with van der Waals surface area (Å²) in [7, 11) is 0. The quantitative estimate of drug-likeness (QED) is 0.0451. The van der Waals surface area contributed by atoms with E-state index in [4.69, 9.17) is 24.4 Å². The number of benzene rings is 8. The molecule has 8 aromatic carbocycles. The summed E-state index contributed by atoms with van der Waals surface area (Å²) in [6.07, 6.45) is -2.42. The predicted octanol–water partition coefficient (Wildman–Crippen LogP) is 14.2. The molecule has 0 saturated carbocycles. The highest BCUT2D eigenvalue weighted by Crippen LogP contribution is 2.37. The molecule has 0 aliphatic carbocycles. The van der Waals surface area contributed by atoms with Crippen LogP contribution in [0.15, 0.2) is 231 Å². The summed E-state index contributed by atoms with van der Waals surface area (Å²) in [4.78, 5) is 61.2. The normalized spacial score (nSPS) is 13.2. The number of thioether (sulfide) groups is 1. The highest BCUT2D eigenvalue weighted by atomic mass is 32.2. The van der Waals surface area contributed by atoms with Crippen molar-refractivity contribution in [2.75, 3.05) is 64.5 Å². The number of fused-ring (bicyclic) bond motifs is 1. The molecule has 2 aliphatic heterocycles. The van der Waals surface area contributed by atoms with Crippen LogP contribution in [0.5, 0.6) is 11.5 Å². The Morgan fingerprint density at radius 1 is 0.489 bits per heavy atom. The molecule has 18 nitrogen and oxygen atoms in total. The zero-order valence-corrected chi connectivity index (χ0v) is 51.2. The van der Waals surface area contributed by atoms with Crippen molar-refractivity contribution < 1.29 is 42.4 Å². The Balaban J connectivity index is 0.000000189. The Kier molecular flexibility index (Phi) is 19.5. The fraction of sp³-hybridized carbons (Fsp3) is 0.153. The van der Waals surface area contributed by atoms with Crippen molar-refractivity contribution in [2.24, 2.45) is 0 Å². The van der Waals surface area contributed by atoms with Crippen LogP contribution in [0.25, 0.3) is 56.2 Å². The van der Waals surface area contributed by atoms with E-state index in [-0.39, 0.29) is 42.6 Å². The summed E-state index contributed by atoms with van der Waals surface area (Å²) in [5.74, 6) is 2.10. The van der Waals surface area contributed by atoms with Gasteiger partial charge in [-0.25, -0.2) is 14.6 Å². The number of alkyl halides is 3. The molecule has 0 bridgehead atoms. The van der Waals surface area contributed by atoms with E-state index in [1.54, 1.807) is 24.4 Å². The van der Waals surface area contributed by atoms with Crippen LogP contribution in [0.3, 0.4) is 0 Å². The van der Waals surface area contributed by atoms with Crippen LogP contribution in [0.4, 0.5) is 48.5 Å². The smallest absolute Gasteiger partial charge is 0.416 e. The molecular formula is C72H61F3N12O6S. The predicted molar refractivity (Wildman–Crippen MR) is 359 cm³/mol. The van der Waals surface area contributed by atoms with Gasteiger partial charge in [-0.15, -0.1) is 0 Å². The third-order valence-electron chi connectivity index (χ3n) is 15.5. The van der Waals surface area contributed by atoms with Gasteiger partial charge in [-0.1, -0.05) is 170 Å². The van der Waals surface area contributed by atoms with E-state index in [1.165, 1.54) is 29.5 Å². The molecule has 5 N–H and O–H groups in total. The first-order valence-corrected chi connectivity index (χ1v) is 31.2. The lowest BCUT2D eigenvalue weighted by Crippen LogP contribution is -2.47. The van der Waals surface area contributed by atoms with Gasteiger partial charge in [0.25, 0.3) is 0 Å². The highest BCUT2D eigenvalue weighted by Gasteiger charge is 2.30. The minimum absolute atomic E-state index is 0.00556.